The molecule has 14 nitrogen and oxygen atoms in total. The molecule has 6 aromatic rings. The maximum Gasteiger partial charge on any atom is 0.328 e. The normalized spacial score (nSPS) is 11.2. The van der Waals surface area contributed by atoms with Gasteiger partial charge in [0.15, 0.2) is 0 Å². The van der Waals surface area contributed by atoms with Crippen LogP contribution in [0.25, 0.3) is 45.1 Å². The van der Waals surface area contributed by atoms with E-state index >= 15 is 0 Å². The van der Waals surface area contributed by atoms with Gasteiger partial charge in [-0.3, -0.25) is 18.7 Å². The molecular weight excluding hydrogens is 652 g/mol. The van der Waals surface area contributed by atoms with Crippen LogP contribution in [0.15, 0.2) is 107 Å². The van der Waals surface area contributed by atoms with Crippen LogP contribution in [0, 0.1) is 0 Å². The Balaban J connectivity index is 0.000000194. The lowest BCUT2D eigenvalue weighted by atomic mass is 10.0. The van der Waals surface area contributed by atoms with E-state index in [-0.39, 0.29) is 44.5 Å². The van der Waals surface area contributed by atoms with Crippen molar-refractivity contribution in [3.8, 4) is 45.9 Å². The van der Waals surface area contributed by atoms with Crippen molar-refractivity contribution in [3.63, 3.8) is 0 Å². The van der Waals surface area contributed by atoms with Crippen molar-refractivity contribution in [2.45, 2.75) is 0 Å². The van der Waals surface area contributed by atoms with E-state index in [1.54, 1.807) is 0 Å². The molecule has 0 bridgehead atoms. The lowest BCUT2D eigenvalue weighted by Gasteiger charge is -2.12. The van der Waals surface area contributed by atoms with Crippen molar-refractivity contribution in [3.05, 3.63) is 129 Å². The number of pyridine rings is 2. The fraction of sp³-hybridized carbons (Fsp3) is 0. The molecule has 0 spiro atoms. The van der Waals surface area contributed by atoms with Crippen molar-refractivity contribution in [1.29, 1.82) is 0 Å². The molecular formula is C36H26N2O12. The van der Waals surface area contributed by atoms with Gasteiger partial charge in [0.2, 0.25) is 0 Å². The van der Waals surface area contributed by atoms with Crippen molar-refractivity contribution in [1.82, 2.24) is 9.13 Å². The zero-order chi connectivity index (χ0) is 36.3. The van der Waals surface area contributed by atoms with Crippen molar-refractivity contribution < 1.29 is 50.4 Å². The first-order valence-corrected chi connectivity index (χ1v) is 14.4. The smallest absolute Gasteiger partial charge is 0.328 e. The second-order valence-corrected chi connectivity index (χ2v) is 10.7. The number of phenolic OH excluding ortho intramolecular Hbond substituents is 6. The molecule has 0 amide bonds. The summed E-state index contributed by atoms with van der Waals surface area (Å²) in [6.45, 7) is 0. The van der Waals surface area contributed by atoms with Crippen LogP contribution in [0.3, 0.4) is 0 Å². The largest absolute Gasteiger partial charge is 0.508 e. The number of hydrogen-bond acceptors (Lipinski definition) is 10. The molecule has 0 aliphatic rings. The molecule has 2 heterocycles. The van der Waals surface area contributed by atoms with Gasteiger partial charge in [-0.1, -0.05) is 0 Å². The minimum Gasteiger partial charge on any atom is -0.508 e. The number of nitrogens with zero attached hydrogens (tertiary/aromatic N) is 2. The lowest BCUT2D eigenvalue weighted by molar-refractivity contribution is -0.132. The summed E-state index contributed by atoms with van der Waals surface area (Å²) in [5.41, 5.74) is 0.369. The lowest BCUT2D eigenvalue weighted by Crippen LogP contribution is -2.18. The molecule has 2 aromatic heterocycles. The van der Waals surface area contributed by atoms with Crippen LogP contribution >= 0.6 is 0 Å². The van der Waals surface area contributed by atoms with Gasteiger partial charge in [-0.05, 0) is 83.9 Å². The second-order valence-electron chi connectivity index (χ2n) is 10.7. The topological polar surface area (TPSA) is 240 Å². The fourth-order valence-corrected chi connectivity index (χ4v) is 5.10. The summed E-state index contributed by atoms with van der Waals surface area (Å²) in [6, 6.07) is 16.2. The Morgan fingerprint density at radius 3 is 1.16 bits per heavy atom. The number of phenols is 6. The molecule has 0 saturated heterocycles. The quantitative estimate of drug-likeness (QED) is 0.114. The molecule has 8 N–H and O–H groups in total. The van der Waals surface area contributed by atoms with Gasteiger partial charge in [0, 0.05) is 58.8 Å². The first-order valence-electron chi connectivity index (χ1n) is 14.4. The number of rotatable bonds is 6. The average molecular weight is 679 g/mol. The number of carboxylic acids is 2. The van der Waals surface area contributed by atoms with Crippen LogP contribution in [0.5, 0.6) is 34.5 Å². The van der Waals surface area contributed by atoms with E-state index in [1.807, 2.05) is 0 Å². The van der Waals surface area contributed by atoms with Crippen molar-refractivity contribution >= 4 is 45.6 Å². The van der Waals surface area contributed by atoms with Gasteiger partial charge in [0.1, 0.15) is 34.5 Å². The zero-order valence-corrected chi connectivity index (χ0v) is 25.5. The Hall–Kier alpha value is -7.48. The van der Waals surface area contributed by atoms with E-state index in [0.717, 1.165) is 24.3 Å². The summed E-state index contributed by atoms with van der Waals surface area (Å²) in [4.78, 5) is 47.1. The van der Waals surface area contributed by atoms with Gasteiger partial charge >= 0.3 is 11.9 Å². The van der Waals surface area contributed by atoms with E-state index in [0.29, 0.717) is 22.5 Å². The molecule has 6 rings (SSSR count). The highest BCUT2D eigenvalue weighted by molar-refractivity contribution is 5.98. The Kier molecular flexibility index (Phi) is 9.29. The minimum absolute atomic E-state index is 0.0244. The zero-order valence-electron chi connectivity index (χ0n) is 25.5. The van der Waals surface area contributed by atoms with Gasteiger partial charge in [0.05, 0.1) is 10.8 Å². The maximum atomic E-state index is 12.8. The Morgan fingerprint density at radius 2 is 0.840 bits per heavy atom. The SMILES string of the molecule is O=C(O)/C=C/c1cn(-c2ccc(O)cc2)c(=O)c2c(O)cc(O)cc12.O=C(O)/C=C/c1cn(-c2ccc(O)cc2)c(=O)c2c(O)cc(O)cc12. The summed E-state index contributed by atoms with van der Waals surface area (Å²) < 4.78 is 2.44. The highest BCUT2D eigenvalue weighted by Crippen LogP contribution is 2.32. The number of hydrogen-bond donors (Lipinski definition) is 8. The molecule has 0 unspecified atom stereocenters. The molecule has 252 valence electrons. The third-order valence-electron chi connectivity index (χ3n) is 7.30. The van der Waals surface area contributed by atoms with Crippen LogP contribution in [-0.4, -0.2) is 61.9 Å². The van der Waals surface area contributed by atoms with Gasteiger partial charge < -0.3 is 40.9 Å². The third kappa shape index (κ3) is 7.08. The van der Waals surface area contributed by atoms with Crippen molar-refractivity contribution in [2.75, 3.05) is 0 Å². The van der Waals surface area contributed by atoms with Crippen LogP contribution in [0.2, 0.25) is 0 Å². The van der Waals surface area contributed by atoms with Crippen LogP contribution < -0.4 is 11.1 Å². The highest BCUT2D eigenvalue weighted by Gasteiger charge is 2.16. The summed E-state index contributed by atoms with van der Waals surface area (Å²) in [7, 11) is 0. The van der Waals surface area contributed by atoms with Crippen molar-refractivity contribution in [2.24, 2.45) is 0 Å². The Labute approximate surface area is 280 Å². The number of carboxylic acid groups (broad SMARTS) is 2. The first kappa shape index (κ1) is 33.9. The second kappa shape index (κ2) is 13.7. The van der Waals surface area contributed by atoms with Gasteiger partial charge in [-0.25, -0.2) is 9.59 Å². The predicted molar refractivity (Wildman–Crippen MR) is 182 cm³/mol. The molecule has 0 fully saturated rings. The molecule has 14 heteroatoms. The number of benzene rings is 4. The first-order chi connectivity index (χ1) is 23.7. The number of carbonyl (C=O) groups is 2. The number of aromatic nitrogens is 2. The molecule has 4 aromatic carbocycles. The average Bonchev–Trinajstić information content (AvgIpc) is 3.05. The third-order valence-corrected chi connectivity index (χ3v) is 7.30. The fourth-order valence-electron chi connectivity index (χ4n) is 5.10. The van der Waals surface area contributed by atoms with E-state index in [4.69, 9.17) is 10.2 Å². The summed E-state index contributed by atoms with van der Waals surface area (Å²) in [5.74, 6) is -3.66. The predicted octanol–water partition coefficient (Wildman–Crippen LogP) is 4.41. The molecule has 0 aliphatic heterocycles. The van der Waals surface area contributed by atoms with Gasteiger partial charge in [0.25, 0.3) is 11.1 Å². The standard InChI is InChI=1S/2C18H13NO6/c2*20-12-4-2-11(3-5-12)19-9-10(1-6-16(23)24)14-7-13(21)8-15(22)17(14)18(19)25/h2*1-9,20-22H,(H,23,24)/b2*6-1+. The number of fused-ring (bicyclic) bond motifs is 2. The molecule has 0 aliphatic carbocycles. The number of aromatic hydroxyl groups is 6. The molecule has 0 radical (unpaired) electrons. The Bertz CT molecular complexity index is 2300. The summed E-state index contributed by atoms with van der Waals surface area (Å²) in [6.07, 6.45) is 7.10. The van der Waals surface area contributed by atoms with Gasteiger partial charge in [-0.2, -0.15) is 0 Å². The van der Waals surface area contributed by atoms with Crippen LogP contribution in [0.4, 0.5) is 0 Å². The van der Waals surface area contributed by atoms with E-state index < -0.39 is 34.6 Å². The number of aliphatic carboxylic acids is 2. The summed E-state index contributed by atoms with van der Waals surface area (Å²) in [5, 5.41) is 76.3. The molecule has 0 saturated carbocycles. The Morgan fingerprint density at radius 1 is 0.500 bits per heavy atom. The maximum absolute atomic E-state index is 12.8. The molecule has 0 atom stereocenters. The highest BCUT2D eigenvalue weighted by atomic mass is 16.4. The molecule has 50 heavy (non-hydrogen) atoms. The minimum atomic E-state index is -1.18. The van der Waals surface area contributed by atoms with Crippen LogP contribution in [0.1, 0.15) is 11.1 Å². The van der Waals surface area contributed by atoms with E-state index in [9.17, 15) is 49.8 Å². The van der Waals surface area contributed by atoms with Gasteiger partial charge in [-0.15, -0.1) is 0 Å². The van der Waals surface area contributed by atoms with E-state index in [1.165, 1.54) is 94.3 Å². The van der Waals surface area contributed by atoms with Crippen LogP contribution in [-0.2, 0) is 9.59 Å². The van der Waals surface area contributed by atoms with E-state index in [2.05, 4.69) is 0 Å². The summed E-state index contributed by atoms with van der Waals surface area (Å²) >= 11 is 0. The monoisotopic (exact) mass is 678 g/mol.